The monoisotopic (exact) mass is 587 g/mol. The van der Waals surface area contributed by atoms with Crippen molar-refractivity contribution in [2.75, 3.05) is 18.4 Å². The van der Waals surface area contributed by atoms with Crippen LogP contribution < -0.4 is 15.4 Å². The maximum absolute atomic E-state index is 12.9. The molecule has 0 saturated heterocycles. The number of aryl methyl sites for hydroxylation is 1. The van der Waals surface area contributed by atoms with Gasteiger partial charge in [0.1, 0.15) is 6.04 Å². The molecular weight excluding hydrogens is 558 g/mol. The van der Waals surface area contributed by atoms with E-state index in [2.05, 4.69) is 30.4 Å². The second-order valence-corrected chi connectivity index (χ2v) is 11.2. The van der Waals surface area contributed by atoms with Crippen molar-refractivity contribution in [2.24, 2.45) is 0 Å². The summed E-state index contributed by atoms with van der Waals surface area (Å²) in [5.74, 6) is -1.26. The van der Waals surface area contributed by atoms with Crippen LogP contribution in [0.15, 0.2) is 96.3 Å². The fourth-order valence-electron chi connectivity index (χ4n) is 4.39. The summed E-state index contributed by atoms with van der Waals surface area (Å²) < 4.78 is 29.8. The van der Waals surface area contributed by atoms with Crippen molar-refractivity contribution < 1.29 is 23.1 Å². The Morgan fingerprint density at radius 1 is 1.00 bits per heavy atom. The lowest BCUT2D eigenvalue weighted by Crippen LogP contribution is -2.48. The van der Waals surface area contributed by atoms with Gasteiger partial charge in [-0.25, -0.2) is 13.4 Å². The first-order chi connectivity index (χ1) is 20.3. The molecule has 0 unspecified atom stereocenters. The minimum Gasteiger partial charge on any atom is -0.480 e. The average molecular weight is 588 g/mol. The Bertz CT molecular complexity index is 1770. The number of aliphatic carboxylic acids is 1. The normalized spacial score (nSPS) is 12.2. The summed E-state index contributed by atoms with van der Waals surface area (Å²) in [6, 6.07) is 19.0. The molecule has 0 fully saturated rings. The number of amides is 1. The van der Waals surface area contributed by atoms with Gasteiger partial charge in [0.2, 0.25) is 10.0 Å². The van der Waals surface area contributed by atoms with Crippen molar-refractivity contribution in [1.82, 2.24) is 29.8 Å². The first kappa shape index (κ1) is 28.5. The van der Waals surface area contributed by atoms with Gasteiger partial charge in [0.15, 0.2) is 5.95 Å². The topological polar surface area (TPSA) is 171 Å². The van der Waals surface area contributed by atoms with Gasteiger partial charge < -0.3 is 20.7 Å². The van der Waals surface area contributed by atoms with Gasteiger partial charge in [-0.15, -0.1) is 0 Å². The number of carbonyl (C=O) groups is 2. The molecule has 216 valence electrons. The van der Waals surface area contributed by atoms with Gasteiger partial charge in [-0.2, -0.15) is 9.82 Å². The van der Waals surface area contributed by atoms with Crippen LogP contribution in [0.4, 0.5) is 5.95 Å². The molecule has 0 radical (unpaired) electrons. The van der Waals surface area contributed by atoms with E-state index in [1.165, 1.54) is 12.1 Å². The SMILES string of the molecule is O=C(NC[C@H](NS(=O)(=O)c1ccc(-c2ccccc2)cc1)C(=O)O)c1ccc2c(cnn2CCCNc2ncc[nH]2)c1. The Kier molecular flexibility index (Phi) is 8.60. The number of carboxylic acids is 1. The molecule has 12 nitrogen and oxygen atoms in total. The number of fused-ring (bicyclic) bond motifs is 1. The molecule has 0 aliphatic carbocycles. The summed E-state index contributed by atoms with van der Waals surface area (Å²) in [5, 5.41) is 20.5. The van der Waals surface area contributed by atoms with Gasteiger partial charge in [0.05, 0.1) is 16.6 Å². The quantitative estimate of drug-likeness (QED) is 0.131. The molecule has 0 bridgehead atoms. The molecule has 13 heteroatoms. The molecule has 0 aliphatic heterocycles. The largest absolute Gasteiger partial charge is 0.480 e. The predicted octanol–water partition coefficient (Wildman–Crippen LogP) is 3.09. The number of rotatable bonds is 13. The van der Waals surface area contributed by atoms with Gasteiger partial charge in [-0.3, -0.25) is 14.3 Å². The van der Waals surface area contributed by atoms with Crippen molar-refractivity contribution in [2.45, 2.75) is 23.9 Å². The lowest BCUT2D eigenvalue weighted by Gasteiger charge is -2.16. The lowest BCUT2D eigenvalue weighted by atomic mass is 10.1. The number of hydrogen-bond acceptors (Lipinski definition) is 7. The van der Waals surface area contributed by atoms with Gasteiger partial charge in [-0.05, 0) is 47.9 Å². The van der Waals surface area contributed by atoms with Gasteiger partial charge in [0, 0.05) is 43.0 Å². The Morgan fingerprint density at radius 2 is 1.76 bits per heavy atom. The standard InChI is InChI=1S/C29H29N7O5S/c37-27(22-9-12-26-23(17-22)18-34-36(26)16-4-13-30-29-31-14-15-32-29)33-19-25(28(38)39)35-42(40,41)24-10-7-21(8-11-24)20-5-2-1-3-6-20/h1-3,5-12,14-15,17-18,25,35H,4,13,16,19H2,(H,33,37)(H,38,39)(H2,30,31,32)/t25-/m0/s1. The van der Waals surface area contributed by atoms with Crippen molar-refractivity contribution in [1.29, 1.82) is 0 Å². The molecule has 0 spiro atoms. The molecule has 5 N–H and O–H groups in total. The van der Waals surface area contributed by atoms with Crippen LogP contribution in [0.3, 0.4) is 0 Å². The molecule has 1 amide bonds. The second kappa shape index (κ2) is 12.7. The van der Waals surface area contributed by atoms with E-state index in [1.54, 1.807) is 48.9 Å². The number of sulfonamides is 1. The van der Waals surface area contributed by atoms with Crippen LogP contribution >= 0.6 is 0 Å². The van der Waals surface area contributed by atoms with Gasteiger partial charge >= 0.3 is 5.97 Å². The number of aromatic amines is 1. The Labute approximate surface area is 241 Å². The number of H-pyrrole nitrogens is 1. The summed E-state index contributed by atoms with van der Waals surface area (Å²) >= 11 is 0. The number of benzene rings is 3. The average Bonchev–Trinajstić information content (AvgIpc) is 3.67. The summed E-state index contributed by atoms with van der Waals surface area (Å²) in [6.45, 7) is 0.899. The minimum atomic E-state index is -4.17. The Hall–Kier alpha value is -5.01. The zero-order chi connectivity index (χ0) is 29.5. The van der Waals surface area contributed by atoms with E-state index in [0.29, 0.717) is 24.6 Å². The molecular formula is C29H29N7O5S. The summed E-state index contributed by atoms with van der Waals surface area (Å²) in [4.78, 5) is 31.7. The lowest BCUT2D eigenvalue weighted by molar-refractivity contribution is -0.138. The zero-order valence-electron chi connectivity index (χ0n) is 22.4. The van der Waals surface area contributed by atoms with Crippen LogP contribution in [-0.4, -0.2) is 64.3 Å². The van der Waals surface area contributed by atoms with Crippen molar-refractivity contribution >= 4 is 38.8 Å². The van der Waals surface area contributed by atoms with E-state index < -0.39 is 34.5 Å². The Morgan fingerprint density at radius 3 is 2.48 bits per heavy atom. The summed E-state index contributed by atoms with van der Waals surface area (Å²) in [5.41, 5.74) is 2.88. The fourth-order valence-corrected chi connectivity index (χ4v) is 5.58. The molecule has 2 aromatic heterocycles. The minimum absolute atomic E-state index is 0.0843. The second-order valence-electron chi connectivity index (χ2n) is 9.47. The molecule has 5 rings (SSSR count). The number of anilines is 1. The number of imidazole rings is 1. The third kappa shape index (κ3) is 6.82. The molecule has 42 heavy (non-hydrogen) atoms. The van der Waals surface area contributed by atoms with Gasteiger partial charge in [-0.1, -0.05) is 42.5 Å². The Balaban J connectivity index is 1.18. The van der Waals surface area contributed by atoms with E-state index in [1.807, 2.05) is 35.0 Å². The molecule has 0 aliphatic rings. The highest BCUT2D eigenvalue weighted by Crippen LogP contribution is 2.21. The van der Waals surface area contributed by atoms with E-state index in [-0.39, 0.29) is 4.90 Å². The van der Waals surface area contributed by atoms with Crippen LogP contribution in [-0.2, 0) is 21.4 Å². The van der Waals surface area contributed by atoms with E-state index in [9.17, 15) is 23.1 Å². The maximum Gasteiger partial charge on any atom is 0.323 e. The van der Waals surface area contributed by atoms with Crippen LogP contribution in [0.5, 0.6) is 0 Å². The third-order valence-corrected chi connectivity index (χ3v) is 8.06. The summed E-state index contributed by atoms with van der Waals surface area (Å²) in [7, 11) is -4.17. The molecule has 5 aromatic rings. The van der Waals surface area contributed by atoms with Crippen LogP contribution in [0.2, 0.25) is 0 Å². The van der Waals surface area contributed by atoms with Crippen LogP contribution in [0.25, 0.3) is 22.0 Å². The van der Waals surface area contributed by atoms with Crippen molar-refractivity contribution in [3.8, 4) is 11.1 Å². The highest BCUT2D eigenvalue weighted by Gasteiger charge is 2.26. The number of hydrogen-bond donors (Lipinski definition) is 5. The number of nitrogens with one attached hydrogen (secondary N) is 4. The highest BCUT2D eigenvalue weighted by atomic mass is 32.2. The van der Waals surface area contributed by atoms with Crippen molar-refractivity contribution in [3.05, 3.63) is 97.0 Å². The third-order valence-electron chi connectivity index (χ3n) is 6.58. The fraction of sp³-hybridized carbons (Fsp3) is 0.172. The number of aromatic nitrogens is 4. The van der Waals surface area contributed by atoms with Crippen molar-refractivity contribution in [3.63, 3.8) is 0 Å². The highest BCUT2D eigenvalue weighted by molar-refractivity contribution is 7.89. The van der Waals surface area contributed by atoms with E-state index >= 15 is 0 Å². The smallest absolute Gasteiger partial charge is 0.323 e. The van der Waals surface area contributed by atoms with Crippen LogP contribution in [0.1, 0.15) is 16.8 Å². The van der Waals surface area contributed by atoms with E-state index in [4.69, 9.17) is 0 Å². The first-order valence-electron chi connectivity index (χ1n) is 13.2. The number of carbonyl (C=O) groups excluding carboxylic acids is 1. The molecule has 1 atom stereocenters. The van der Waals surface area contributed by atoms with E-state index in [0.717, 1.165) is 28.5 Å². The maximum atomic E-state index is 12.9. The molecule has 2 heterocycles. The zero-order valence-corrected chi connectivity index (χ0v) is 23.2. The summed E-state index contributed by atoms with van der Waals surface area (Å²) in [6.07, 6.45) is 5.86. The molecule has 0 saturated carbocycles. The number of carboxylic acid groups (broad SMARTS) is 1. The number of nitrogens with zero attached hydrogens (tertiary/aromatic N) is 3. The van der Waals surface area contributed by atoms with Crippen LogP contribution in [0, 0.1) is 0 Å². The van der Waals surface area contributed by atoms with Gasteiger partial charge in [0.25, 0.3) is 5.91 Å². The molecule has 3 aromatic carbocycles. The predicted molar refractivity (Wildman–Crippen MR) is 157 cm³/mol. The first-order valence-corrected chi connectivity index (χ1v) is 14.7.